The third-order valence-electron chi connectivity index (χ3n) is 4.68. The van der Waals surface area contributed by atoms with Gasteiger partial charge in [-0.25, -0.2) is 4.39 Å². The summed E-state index contributed by atoms with van der Waals surface area (Å²) in [7, 11) is 0. The monoisotopic (exact) mass is 306 g/mol. The maximum Gasteiger partial charge on any atom is 0.223 e. The Kier molecular flexibility index (Phi) is 6.37. The highest BCUT2D eigenvalue weighted by atomic mass is 19.1. The predicted octanol–water partition coefficient (Wildman–Crippen LogP) is 3.03. The predicted molar refractivity (Wildman–Crippen MR) is 86.8 cm³/mol. The molecule has 4 heteroatoms. The minimum atomic E-state index is -0.257. The quantitative estimate of drug-likeness (QED) is 0.849. The van der Waals surface area contributed by atoms with E-state index in [-0.39, 0.29) is 23.7 Å². The molecule has 3 nitrogen and oxygen atoms in total. The molecule has 3 N–H and O–H groups in total. The molecule has 1 aliphatic rings. The topological polar surface area (TPSA) is 55.1 Å². The summed E-state index contributed by atoms with van der Waals surface area (Å²) in [6, 6.07) is 6.52. The molecule has 2 rings (SSSR count). The van der Waals surface area contributed by atoms with Crippen molar-refractivity contribution in [3.8, 4) is 0 Å². The molecule has 1 fully saturated rings. The van der Waals surface area contributed by atoms with Crippen LogP contribution in [0.25, 0.3) is 0 Å². The van der Waals surface area contributed by atoms with Gasteiger partial charge in [0.25, 0.3) is 0 Å². The first-order valence-corrected chi connectivity index (χ1v) is 8.35. The third kappa shape index (κ3) is 4.80. The van der Waals surface area contributed by atoms with E-state index in [1.165, 1.54) is 31.4 Å². The molecule has 0 bridgehead atoms. The summed E-state index contributed by atoms with van der Waals surface area (Å²) in [6.45, 7) is 2.37. The number of amides is 1. The van der Waals surface area contributed by atoms with Crippen LogP contribution in [0, 0.1) is 17.7 Å². The first-order chi connectivity index (χ1) is 10.6. The lowest BCUT2D eigenvalue weighted by Crippen LogP contribution is -2.47. The largest absolute Gasteiger partial charge is 0.352 e. The molecule has 2 atom stereocenters. The zero-order valence-corrected chi connectivity index (χ0v) is 13.4. The van der Waals surface area contributed by atoms with Crippen LogP contribution in [0.4, 0.5) is 4.39 Å². The van der Waals surface area contributed by atoms with Crippen molar-refractivity contribution < 1.29 is 9.18 Å². The van der Waals surface area contributed by atoms with E-state index in [4.69, 9.17) is 5.73 Å². The summed E-state index contributed by atoms with van der Waals surface area (Å²) >= 11 is 0. The molecule has 0 saturated heterocycles. The van der Waals surface area contributed by atoms with Gasteiger partial charge < -0.3 is 11.1 Å². The maximum absolute atomic E-state index is 13.2. The molecule has 1 aliphatic carbocycles. The molecule has 1 aromatic carbocycles. The van der Waals surface area contributed by atoms with Gasteiger partial charge in [0, 0.05) is 18.5 Å². The number of carbonyl (C=O) groups excluding carboxylic acids is 1. The summed E-state index contributed by atoms with van der Waals surface area (Å²) < 4.78 is 13.2. The molecule has 1 amide bonds. The van der Waals surface area contributed by atoms with Gasteiger partial charge in [0.15, 0.2) is 0 Å². The zero-order valence-electron chi connectivity index (χ0n) is 13.4. The summed E-state index contributed by atoms with van der Waals surface area (Å²) in [5.41, 5.74) is 6.71. The Labute approximate surface area is 132 Å². The Morgan fingerprint density at radius 1 is 1.36 bits per heavy atom. The van der Waals surface area contributed by atoms with Gasteiger partial charge in [-0.2, -0.15) is 0 Å². The van der Waals surface area contributed by atoms with Gasteiger partial charge in [-0.15, -0.1) is 0 Å². The van der Waals surface area contributed by atoms with Crippen molar-refractivity contribution in [2.45, 2.75) is 51.5 Å². The Morgan fingerprint density at radius 2 is 2.09 bits per heavy atom. The SMILES string of the molecule is CC(Cc1cccc(F)c1)C(=O)NC(CN)C1CCCCC1. The highest BCUT2D eigenvalue weighted by Crippen LogP contribution is 2.26. The Balaban J connectivity index is 1.89. The van der Waals surface area contributed by atoms with Crippen LogP contribution in [0.1, 0.15) is 44.6 Å². The lowest BCUT2D eigenvalue weighted by atomic mass is 9.83. The first kappa shape index (κ1) is 16.9. The lowest BCUT2D eigenvalue weighted by molar-refractivity contribution is -0.125. The van der Waals surface area contributed by atoms with Crippen molar-refractivity contribution in [3.63, 3.8) is 0 Å². The molecule has 2 unspecified atom stereocenters. The van der Waals surface area contributed by atoms with Gasteiger partial charge in [0.2, 0.25) is 5.91 Å². The average molecular weight is 306 g/mol. The normalized spacial score (nSPS) is 18.7. The van der Waals surface area contributed by atoms with E-state index < -0.39 is 0 Å². The summed E-state index contributed by atoms with van der Waals surface area (Å²) in [5.74, 6) is 0.0842. The third-order valence-corrected chi connectivity index (χ3v) is 4.68. The summed E-state index contributed by atoms with van der Waals surface area (Å²) in [4.78, 5) is 12.4. The van der Waals surface area contributed by atoms with Gasteiger partial charge in [-0.05, 0) is 42.9 Å². The molecular weight excluding hydrogens is 279 g/mol. The smallest absolute Gasteiger partial charge is 0.223 e. The van der Waals surface area contributed by atoms with E-state index in [0.717, 1.165) is 18.4 Å². The van der Waals surface area contributed by atoms with E-state index >= 15 is 0 Å². The fourth-order valence-corrected chi connectivity index (χ4v) is 3.34. The molecule has 1 saturated carbocycles. The number of benzene rings is 1. The molecule has 0 radical (unpaired) electrons. The van der Waals surface area contributed by atoms with E-state index in [1.54, 1.807) is 6.07 Å². The zero-order chi connectivity index (χ0) is 15.9. The van der Waals surface area contributed by atoms with Gasteiger partial charge >= 0.3 is 0 Å². The van der Waals surface area contributed by atoms with Crippen LogP contribution in [-0.4, -0.2) is 18.5 Å². The van der Waals surface area contributed by atoms with Gasteiger partial charge in [-0.3, -0.25) is 4.79 Å². The number of hydrogen-bond donors (Lipinski definition) is 2. The number of halogens is 1. The first-order valence-electron chi connectivity index (χ1n) is 8.35. The van der Waals surface area contributed by atoms with Crippen molar-refractivity contribution in [1.82, 2.24) is 5.32 Å². The number of nitrogens with two attached hydrogens (primary N) is 1. The van der Waals surface area contributed by atoms with E-state index in [1.807, 2.05) is 13.0 Å². The molecule has 122 valence electrons. The fourth-order valence-electron chi connectivity index (χ4n) is 3.34. The van der Waals surface area contributed by atoms with Crippen LogP contribution in [0.3, 0.4) is 0 Å². The van der Waals surface area contributed by atoms with Crippen LogP contribution in [-0.2, 0) is 11.2 Å². The number of rotatable bonds is 6. The second kappa shape index (κ2) is 8.28. The molecule has 0 aromatic heterocycles. The standard InChI is InChI=1S/C18H27FN2O/c1-13(10-14-6-5-9-16(19)11-14)18(22)21-17(12-20)15-7-3-2-4-8-15/h5-6,9,11,13,15,17H,2-4,7-8,10,12,20H2,1H3,(H,21,22). The second-order valence-corrected chi connectivity index (χ2v) is 6.48. The average Bonchev–Trinajstić information content (AvgIpc) is 2.53. The van der Waals surface area contributed by atoms with Gasteiger partial charge in [-0.1, -0.05) is 38.3 Å². The second-order valence-electron chi connectivity index (χ2n) is 6.48. The maximum atomic E-state index is 13.2. The number of nitrogens with one attached hydrogen (secondary N) is 1. The molecule has 1 aromatic rings. The van der Waals surface area contributed by atoms with E-state index in [0.29, 0.717) is 18.9 Å². The Bertz CT molecular complexity index is 486. The minimum absolute atomic E-state index is 0.0188. The Morgan fingerprint density at radius 3 is 2.73 bits per heavy atom. The van der Waals surface area contributed by atoms with E-state index in [9.17, 15) is 9.18 Å². The lowest BCUT2D eigenvalue weighted by Gasteiger charge is -2.31. The van der Waals surface area contributed by atoms with Crippen molar-refractivity contribution in [2.24, 2.45) is 17.6 Å². The molecule has 0 heterocycles. The van der Waals surface area contributed by atoms with Gasteiger partial charge in [0.1, 0.15) is 5.82 Å². The minimum Gasteiger partial charge on any atom is -0.352 e. The Hall–Kier alpha value is -1.42. The van der Waals surface area contributed by atoms with Crippen molar-refractivity contribution in [2.75, 3.05) is 6.54 Å². The molecule has 22 heavy (non-hydrogen) atoms. The van der Waals surface area contributed by atoms with Crippen molar-refractivity contribution in [3.05, 3.63) is 35.6 Å². The molecule has 0 aliphatic heterocycles. The number of carbonyl (C=O) groups is 1. The van der Waals surface area contributed by atoms with E-state index in [2.05, 4.69) is 5.32 Å². The van der Waals surface area contributed by atoms with Crippen molar-refractivity contribution in [1.29, 1.82) is 0 Å². The summed E-state index contributed by atoms with van der Waals surface area (Å²) in [5, 5.41) is 3.11. The fraction of sp³-hybridized carbons (Fsp3) is 0.611. The highest BCUT2D eigenvalue weighted by molar-refractivity contribution is 5.79. The molecular formula is C18H27FN2O. The van der Waals surface area contributed by atoms with Crippen LogP contribution >= 0.6 is 0 Å². The van der Waals surface area contributed by atoms with Crippen LogP contribution in [0.5, 0.6) is 0 Å². The van der Waals surface area contributed by atoms with Crippen LogP contribution in [0.15, 0.2) is 24.3 Å². The van der Waals surface area contributed by atoms with Crippen LogP contribution in [0.2, 0.25) is 0 Å². The summed E-state index contributed by atoms with van der Waals surface area (Å²) in [6.07, 6.45) is 6.61. The number of hydrogen-bond acceptors (Lipinski definition) is 2. The molecule has 0 spiro atoms. The van der Waals surface area contributed by atoms with Crippen molar-refractivity contribution >= 4 is 5.91 Å². The highest BCUT2D eigenvalue weighted by Gasteiger charge is 2.25. The van der Waals surface area contributed by atoms with Gasteiger partial charge in [0.05, 0.1) is 0 Å². The van der Waals surface area contributed by atoms with Crippen LogP contribution < -0.4 is 11.1 Å².